The molecular weight excluding hydrogens is 391 g/mol. The number of nitrogens with zero attached hydrogens (tertiary/aromatic N) is 2. The topological polar surface area (TPSA) is 101 Å². The SMILES string of the molecule is CCCCc1ccc(N=Nc2ccc(OCCCCCOP(=O)(O)O)cc2)cc1. The molecule has 0 heterocycles. The number of azo groups is 1. The van der Waals surface area contributed by atoms with Crippen LogP contribution in [0.25, 0.3) is 0 Å². The van der Waals surface area contributed by atoms with E-state index in [1.165, 1.54) is 18.4 Å². The van der Waals surface area contributed by atoms with Gasteiger partial charge in [0.05, 0.1) is 24.6 Å². The van der Waals surface area contributed by atoms with Gasteiger partial charge in [-0.2, -0.15) is 10.2 Å². The fourth-order valence-electron chi connectivity index (χ4n) is 2.59. The number of benzene rings is 2. The van der Waals surface area contributed by atoms with Crippen molar-refractivity contribution in [3.05, 3.63) is 54.1 Å². The maximum atomic E-state index is 10.5. The molecule has 2 N–H and O–H groups in total. The molecule has 0 atom stereocenters. The fraction of sp³-hybridized carbons (Fsp3) is 0.429. The van der Waals surface area contributed by atoms with Gasteiger partial charge in [0.2, 0.25) is 0 Å². The highest BCUT2D eigenvalue weighted by molar-refractivity contribution is 7.46. The Morgan fingerprint density at radius 1 is 0.828 bits per heavy atom. The largest absolute Gasteiger partial charge is 0.494 e. The van der Waals surface area contributed by atoms with Crippen LogP contribution in [0.4, 0.5) is 11.4 Å². The molecule has 0 aromatic heterocycles. The van der Waals surface area contributed by atoms with E-state index in [0.29, 0.717) is 13.0 Å². The third-order valence-corrected chi connectivity index (χ3v) is 4.71. The maximum Gasteiger partial charge on any atom is 0.469 e. The minimum absolute atomic E-state index is 0.0471. The summed E-state index contributed by atoms with van der Waals surface area (Å²) in [6, 6.07) is 15.6. The van der Waals surface area contributed by atoms with Crippen LogP contribution in [0.2, 0.25) is 0 Å². The molecule has 0 saturated heterocycles. The Bertz CT molecular complexity index is 788. The Labute approximate surface area is 172 Å². The Kier molecular flexibility index (Phi) is 10.0. The highest BCUT2D eigenvalue weighted by Gasteiger charge is 2.12. The summed E-state index contributed by atoms with van der Waals surface area (Å²) in [6.07, 6.45) is 5.60. The van der Waals surface area contributed by atoms with Crippen molar-refractivity contribution in [2.45, 2.75) is 45.4 Å². The van der Waals surface area contributed by atoms with Crippen LogP contribution in [-0.2, 0) is 15.5 Å². The van der Waals surface area contributed by atoms with E-state index in [2.05, 4.69) is 33.8 Å². The van der Waals surface area contributed by atoms with Gasteiger partial charge in [0.15, 0.2) is 0 Å². The average Bonchev–Trinajstić information content (AvgIpc) is 2.71. The molecule has 0 amide bonds. The van der Waals surface area contributed by atoms with E-state index < -0.39 is 7.82 Å². The van der Waals surface area contributed by atoms with E-state index in [1.807, 2.05) is 36.4 Å². The summed E-state index contributed by atoms with van der Waals surface area (Å²) in [7, 11) is -4.35. The van der Waals surface area contributed by atoms with Crippen molar-refractivity contribution in [1.82, 2.24) is 0 Å². The number of ether oxygens (including phenoxy) is 1. The van der Waals surface area contributed by atoms with Crippen molar-refractivity contribution < 1.29 is 23.6 Å². The third kappa shape index (κ3) is 10.3. The zero-order valence-corrected chi connectivity index (χ0v) is 17.6. The van der Waals surface area contributed by atoms with Gasteiger partial charge in [-0.25, -0.2) is 4.57 Å². The summed E-state index contributed by atoms with van der Waals surface area (Å²) in [5.74, 6) is 0.746. The van der Waals surface area contributed by atoms with Gasteiger partial charge in [-0.3, -0.25) is 4.52 Å². The smallest absolute Gasteiger partial charge is 0.469 e. The van der Waals surface area contributed by atoms with Crippen molar-refractivity contribution in [3.8, 4) is 5.75 Å². The lowest BCUT2D eigenvalue weighted by Gasteiger charge is -2.07. The lowest BCUT2D eigenvalue weighted by Crippen LogP contribution is -1.98. The van der Waals surface area contributed by atoms with E-state index in [1.54, 1.807) is 0 Å². The van der Waals surface area contributed by atoms with Crippen molar-refractivity contribution in [1.29, 1.82) is 0 Å². The maximum absolute atomic E-state index is 10.5. The molecule has 2 aromatic rings. The second-order valence-electron chi connectivity index (χ2n) is 6.70. The highest BCUT2D eigenvalue weighted by atomic mass is 31.2. The molecule has 8 heteroatoms. The molecule has 0 aliphatic rings. The number of phosphoric acid groups is 1. The molecule has 7 nitrogen and oxygen atoms in total. The molecule has 0 bridgehead atoms. The second kappa shape index (κ2) is 12.5. The minimum Gasteiger partial charge on any atom is -0.494 e. The van der Waals surface area contributed by atoms with Gasteiger partial charge in [-0.05, 0) is 74.1 Å². The van der Waals surface area contributed by atoms with Crippen LogP contribution in [0.1, 0.15) is 44.6 Å². The van der Waals surface area contributed by atoms with Gasteiger partial charge in [-0.15, -0.1) is 0 Å². The summed E-state index contributed by atoms with van der Waals surface area (Å²) < 4.78 is 20.6. The van der Waals surface area contributed by atoms with Crippen LogP contribution >= 0.6 is 7.82 Å². The van der Waals surface area contributed by atoms with Crippen molar-refractivity contribution in [3.63, 3.8) is 0 Å². The number of hydrogen-bond acceptors (Lipinski definition) is 5. The highest BCUT2D eigenvalue weighted by Crippen LogP contribution is 2.35. The molecule has 0 spiro atoms. The summed E-state index contributed by atoms with van der Waals surface area (Å²) in [6.45, 7) is 2.76. The zero-order valence-electron chi connectivity index (χ0n) is 16.7. The van der Waals surface area contributed by atoms with E-state index >= 15 is 0 Å². The Morgan fingerprint density at radius 2 is 1.41 bits per heavy atom. The van der Waals surface area contributed by atoms with Crippen molar-refractivity contribution in [2.24, 2.45) is 10.2 Å². The number of aryl methyl sites for hydroxylation is 1. The fourth-order valence-corrected chi connectivity index (χ4v) is 2.96. The average molecular weight is 420 g/mol. The van der Waals surface area contributed by atoms with E-state index in [-0.39, 0.29) is 6.61 Å². The molecule has 0 radical (unpaired) electrons. The summed E-state index contributed by atoms with van der Waals surface area (Å²) >= 11 is 0. The van der Waals surface area contributed by atoms with Crippen LogP contribution in [0.5, 0.6) is 5.75 Å². The number of rotatable bonds is 13. The van der Waals surface area contributed by atoms with Crippen molar-refractivity contribution >= 4 is 19.2 Å². The van der Waals surface area contributed by atoms with Crippen molar-refractivity contribution in [2.75, 3.05) is 13.2 Å². The van der Waals surface area contributed by atoms with Gasteiger partial charge >= 0.3 is 7.82 Å². The first-order valence-electron chi connectivity index (χ1n) is 9.90. The normalized spacial score (nSPS) is 11.8. The van der Waals surface area contributed by atoms with Gasteiger partial charge in [0.25, 0.3) is 0 Å². The van der Waals surface area contributed by atoms with E-state index in [0.717, 1.165) is 36.4 Å². The first-order valence-corrected chi connectivity index (χ1v) is 11.4. The minimum atomic E-state index is -4.35. The van der Waals surface area contributed by atoms with E-state index in [4.69, 9.17) is 14.5 Å². The molecule has 2 aromatic carbocycles. The van der Waals surface area contributed by atoms with Crippen LogP contribution in [0.3, 0.4) is 0 Å². The molecule has 0 saturated carbocycles. The van der Waals surface area contributed by atoms with Gasteiger partial charge < -0.3 is 14.5 Å². The standard InChI is InChI=1S/C21H29N2O5P/c1-2-3-7-18-8-10-19(11-9-18)22-23-20-12-14-21(15-13-20)27-16-5-4-6-17-28-29(24,25)26/h8-15H,2-7,16-17H2,1H3,(H2,24,25,26). The van der Waals surface area contributed by atoms with Crippen LogP contribution < -0.4 is 4.74 Å². The van der Waals surface area contributed by atoms with Crippen LogP contribution in [0.15, 0.2) is 58.8 Å². The quantitative estimate of drug-likeness (QED) is 0.231. The predicted molar refractivity (Wildman–Crippen MR) is 113 cm³/mol. The first-order chi connectivity index (χ1) is 14.0. The molecule has 158 valence electrons. The summed E-state index contributed by atoms with van der Waals surface area (Å²) in [5, 5.41) is 8.52. The first kappa shape index (κ1) is 23.2. The second-order valence-corrected chi connectivity index (χ2v) is 7.94. The van der Waals surface area contributed by atoms with Crippen LogP contribution in [0, 0.1) is 0 Å². The van der Waals surface area contributed by atoms with Gasteiger partial charge in [-0.1, -0.05) is 25.5 Å². The molecular formula is C21H29N2O5P. The zero-order chi connectivity index (χ0) is 21.0. The van der Waals surface area contributed by atoms with Gasteiger partial charge in [0, 0.05) is 0 Å². The molecule has 0 fully saturated rings. The molecule has 2 rings (SSSR count). The number of hydrogen-bond donors (Lipinski definition) is 2. The lowest BCUT2D eigenvalue weighted by atomic mass is 10.1. The predicted octanol–water partition coefficient (Wildman–Crippen LogP) is 6.10. The Hall–Kier alpha value is -2.05. The molecule has 0 unspecified atom stereocenters. The van der Waals surface area contributed by atoms with Gasteiger partial charge in [0.1, 0.15) is 5.75 Å². The Morgan fingerprint density at radius 3 is 2.00 bits per heavy atom. The third-order valence-electron chi connectivity index (χ3n) is 4.19. The number of phosphoric ester groups is 1. The molecule has 29 heavy (non-hydrogen) atoms. The summed E-state index contributed by atoms with van der Waals surface area (Å²) in [5.41, 5.74) is 2.90. The summed E-state index contributed by atoms with van der Waals surface area (Å²) in [4.78, 5) is 17.2. The van der Waals surface area contributed by atoms with E-state index in [9.17, 15) is 4.57 Å². The number of unbranched alkanes of at least 4 members (excludes halogenated alkanes) is 3. The monoisotopic (exact) mass is 420 g/mol. The molecule has 0 aliphatic heterocycles. The van der Waals surface area contributed by atoms with Crippen LogP contribution in [-0.4, -0.2) is 23.0 Å². The lowest BCUT2D eigenvalue weighted by molar-refractivity contribution is 0.191. The molecule has 0 aliphatic carbocycles. The Balaban J connectivity index is 1.69.